The van der Waals surface area contributed by atoms with Crippen LogP contribution in [0.25, 0.3) is 0 Å². The number of ether oxygens (including phenoxy) is 1. The lowest BCUT2D eigenvalue weighted by Gasteiger charge is -2.41. The summed E-state index contributed by atoms with van der Waals surface area (Å²) in [5.41, 5.74) is -0.119. The number of hydrogen-bond donors (Lipinski definition) is 0. The van der Waals surface area contributed by atoms with Gasteiger partial charge in [0.1, 0.15) is 5.82 Å². The molecule has 3 rings (SSSR count). The molecule has 0 unspecified atom stereocenters. The van der Waals surface area contributed by atoms with Crippen LogP contribution in [0.15, 0.2) is 42.5 Å². The largest absolute Gasteiger partial charge is 0.494 e. The smallest absolute Gasteiger partial charge is 0.248 e. The fourth-order valence-corrected chi connectivity index (χ4v) is 3.57. The lowest BCUT2D eigenvalue weighted by Crippen LogP contribution is -2.38. The zero-order chi connectivity index (χ0) is 17.4. The van der Waals surface area contributed by atoms with Crippen molar-refractivity contribution >= 4 is 0 Å². The van der Waals surface area contributed by atoms with Crippen molar-refractivity contribution in [3.8, 4) is 5.75 Å². The highest BCUT2D eigenvalue weighted by Gasteiger charge is 2.46. The van der Waals surface area contributed by atoms with Gasteiger partial charge >= 0.3 is 0 Å². The quantitative estimate of drug-likeness (QED) is 0.675. The fraction of sp³-hybridized carbons (Fsp3) is 0.368. The van der Waals surface area contributed by atoms with Crippen molar-refractivity contribution in [1.29, 1.82) is 0 Å². The van der Waals surface area contributed by atoms with Gasteiger partial charge in [-0.05, 0) is 42.2 Å². The molecule has 128 valence electrons. The summed E-state index contributed by atoms with van der Waals surface area (Å²) < 4.78 is 60.9. The highest BCUT2D eigenvalue weighted by molar-refractivity contribution is 5.43. The van der Waals surface area contributed by atoms with E-state index in [1.54, 1.807) is 24.3 Å². The molecule has 1 aliphatic carbocycles. The van der Waals surface area contributed by atoms with Crippen molar-refractivity contribution in [2.24, 2.45) is 0 Å². The van der Waals surface area contributed by atoms with Crippen LogP contribution in [-0.4, -0.2) is 13.0 Å². The molecule has 0 atom stereocenters. The molecule has 1 fully saturated rings. The van der Waals surface area contributed by atoms with Crippen molar-refractivity contribution in [2.75, 3.05) is 7.11 Å². The standard InChI is InChI=1S/C19H18F4O/c1-24-17-7-6-13(12-16(17)21)18(8-10-19(22,23)11-9-18)14-4-2-3-5-15(14)20/h2-7,12H,8-11H2,1H3. The first-order chi connectivity index (χ1) is 11.4. The van der Waals surface area contributed by atoms with Crippen molar-refractivity contribution < 1.29 is 22.3 Å². The van der Waals surface area contributed by atoms with Gasteiger partial charge in [-0.25, -0.2) is 17.6 Å². The first kappa shape index (κ1) is 16.8. The van der Waals surface area contributed by atoms with Crippen molar-refractivity contribution in [2.45, 2.75) is 37.0 Å². The molecule has 0 saturated heterocycles. The molecule has 1 aliphatic rings. The first-order valence-electron chi connectivity index (χ1n) is 7.85. The van der Waals surface area contributed by atoms with E-state index in [1.165, 1.54) is 25.3 Å². The van der Waals surface area contributed by atoms with E-state index in [0.29, 0.717) is 11.1 Å². The van der Waals surface area contributed by atoms with Gasteiger partial charge in [0.05, 0.1) is 7.11 Å². The third kappa shape index (κ3) is 2.87. The Hall–Kier alpha value is -2.04. The maximum absolute atomic E-state index is 14.4. The Bertz CT molecular complexity index is 732. The van der Waals surface area contributed by atoms with Gasteiger partial charge in [0, 0.05) is 18.3 Å². The molecule has 0 N–H and O–H groups in total. The molecule has 0 aliphatic heterocycles. The minimum atomic E-state index is -2.76. The van der Waals surface area contributed by atoms with E-state index in [0.717, 1.165) is 0 Å². The Morgan fingerprint density at radius 3 is 2.12 bits per heavy atom. The molecule has 0 heterocycles. The summed E-state index contributed by atoms with van der Waals surface area (Å²) in [5, 5.41) is 0. The van der Waals surface area contributed by atoms with Crippen LogP contribution in [0.3, 0.4) is 0 Å². The zero-order valence-corrected chi connectivity index (χ0v) is 13.3. The number of benzene rings is 2. The third-order valence-corrected chi connectivity index (χ3v) is 4.93. The van der Waals surface area contributed by atoms with Crippen LogP contribution in [0.2, 0.25) is 0 Å². The minimum absolute atomic E-state index is 0.0622. The summed E-state index contributed by atoms with van der Waals surface area (Å²) in [5.74, 6) is -3.73. The maximum Gasteiger partial charge on any atom is 0.248 e. The molecule has 0 spiro atoms. The van der Waals surface area contributed by atoms with Crippen molar-refractivity contribution in [3.05, 3.63) is 65.2 Å². The second kappa shape index (κ2) is 6.11. The highest BCUT2D eigenvalue weighted by Crippen LogP contribution is 2.50. The summed E-state index contributed by atoms with van der Waals surface area (Å²) >= 11 is 0. The Kier molecular flexibility index (Phi) is 4.28. The number of hydrogen-bond acceptors (Lipinski definition) is 1. The minimum Gasteiger partial charge on any atom is -0.494 e. The van der Waals surface area contributed by atoms with Gasteiger partial charge in [-0.3, -0.25) is 0 Å². The van der Waals surface area contributed by atoms with E-state index >= 15 is 0 Å². The van der Waals surface area contributed by atoms with Gasteiger partial charge in [0.25, 0.3) is 0 Å². The van der Waals surface area contributed by atoms with E-state index in [-0.39, 0.29) is 31.4 Å². The van der Waals surface area contributed by atoms with Gasteiger partial charge in [-0.1, -0.05) is 24.3 Å². The summed E-state index contributed by atoms with van der Waals surface area (Å²) in [7, 11) is 1.35. The molecule has 0 bridgehead atoms. The van der Waals surface area contributed by atoms with Crippen LogP contribution >= 0.6 is 0 Å². The molecule has 24 heavy (non-hydrogen) atoms. The monoisotopic (exact) mass is 338 g/mol. The van der Waals surface area contributed by atoms with Gasteiger partial charge in [-0.2, -0.15) is 0 Å². The van der Waals surface area contributed by atoms with E-state index in [1.807, 2.05) is 0 Å². The van der Waals surface area contributed by atoms with Crippen molar-refractivity contribution in [1.82, 2.24) is 0 Å². The molecule has 1 nitrogen and oxygen atoms in total. The SMILES string of the molecule is COc1ccc(C2(c3ccccc3F)CCC(F)(F)CC2)cc1F. The van der Waals surface area contributed by atoms with Gasteiger partial charge in [0.2, 0.25) is 5.92 Å². The number of alkyl halides is 2. The van der Waals surface area contributed by atoms with E-state index in [9.17, 15) is 17.6 Å². The zero-order valence-electron chi connectivity index (χ0n) is 13.3. The van der Waals surface area contributed by atoms with Crippen LogP contribution in [0.5, 0.6) is 5.75 Å². The molecule has 0 amide bonds. The summed E-state index contributed by atoms with van der Waals surface area (Å²) in [4.78, 5) is 0. The van der Waals surface area contributed by atoms with Crippen LogP contribution in [0.4, 0.5) is 17.6 Å². The van der Waals surface area contributed by atoms with Crippen LogP contribution < -0.4 is 4.74 Å². The maximum atomic E-state index is 14.4. The Morgan fingerprint density at radius 2 is 1.54 bits per heavy atom. The molecule has 0 aromatic heterocycles. The van der Waals surface area contributed by atoms with Crippen LogP contribution in [0.1, 0.15) is 36.8 Å². The topological polar surface area (TPSA) is 9.23 Å². The summed E-state index contributed by atoms with van der Waals surface area (Å²) in [6.45, 7) is 0. The number of rotatable bonds is 3. The predicted molar refractivity (Wildman–Crippen MR) is 83.5 cm³/mol. The summed E-state index contributed by atoms with van der Waals surface area (Å²) in [6, 6.07) is 10.5. The predicted octanol–water partition coefficient (Wildman–Crippen LogP) is 5.47. The third-order valence-electron chi connectivity index (χ3n) is 4.93. The lowest BCUT2D eigenvalue weighted by molar-refractivity contribution is -0.0474. The van der Waals surface area contributed by atoms with E-state index in [2.05, 4.69) is 0 Å². The van der Waals surface area contributed by atoms with Gasteiger partial charge in [0.15, 0.2) is 11.6 Å². The Labute approximate surface area is 138 Å². The highest BCUT2D eigenvalue weighted by atomic mass is 19.3. The molecular weight excluding hydrogens is 320 g/mol. The van der Waals surface area contributed by atoms with Gasteiger partial charge in [-0.15, -0.1) is 0 Å². The molecule has 2 aromatic rings. The Morgan fingerprint density at radius 1 is 0.875 bits per heavy atom. The Balaban J connectivity index is 2.13. The van der Waals surface area contributed by atoms with E-state index < -0.39 is 23.0 Å². The lowest BCUT2D eigenvalue weighted by atomic mass is 9.64. The van der Waals surface area contributed by atoms with Crippen LogP contribution in [0, 0.1) is 11.6 Å². The van der Waals surface area contributed by atoms with Gasteiger partial charge < -0.3 is 4.74 Å². The summed E-state index contributed by atoms with van der Waals surface area (Å²) in [6.07, 6.45) is -0.580. The average molecular weight is 338 g/mol. The van der Waals surface area contributed by atoms with Crippen LogP contribution in [-0.2, 0) is 5.41 Å². The molecule has 5 heteroatoms. The second-order valence-electron chi connectivity index (χ2n) is 6.27. The normalized spacial score (nSPS) is 19.0. The van der Waals surface area contributed by atoms with Crippen molar-refractivity contribution in [3.63, 3.8) is 0 Å². The fourth-order valence-electron chi connectivity index (χ4n) is 3.57. The molecular formula is C19H18F4O. The molecule has 2 aromatic carbocycles. The number of halogens is 4. The van der Waals surface area contributed by atoms with E-state index in [4.69, 9.17) is 4.74 Å². The molecule has 1 saturated carbocycles. The molecule has 0 radical (unpaired) electrons. The average Bonchev–Trinajstić information content (AvgIpc) is 2.56. The number of methoxy groups -OCH3 is 1. The first-order valence-corrected chi connectivity index (χ1v) is 7.85. The second-order valence-corrected chi connectivity index (χ2v) is 6.27.